The second kappa shape index (κ2) is 4.99. The number of aromatic nitrogens is 5. The van der Waals surface area contributed by atoms with Crippen LogP contribution in [-0.2, 0) is 6.54 Å². The maximum Gasteiger partial charge on any atom is 0.230 e. The normalized spacial score (nSPS) is 10.4. The minimum absolute atomic E-state index is 0.549. The molecule has 1 N–H and O–H groups in total. The highest BCUT2D eigenvalue weighted by Crippen LogP contribution is 2.18. The highest BCUT2D eigenvalue weighted by Gasteiger charge is 2.12. The number of rotatable bonds is 4. The van der Waals surface area contributed by atoms with E-state index in [0.29, 0.717) is 17.7 Å². The Labute approximate surface area is 106 Å². The van der Waals surface area contributed by atoms with Crippen LogP contribution in [0.25, 0.3) is 11.5 Å². The number of hydrogen-bond donors (Lipinski definition) is 1. The van der Waals surface area contributed by atoms with Crippen molar-refractivity contribution in [2.75, 3.05) is 31.4 Å². The van der Waals surface area contributed by atoms with Gasteiger partial charge in [-0.1, -0.05) is 0 Å². The first-order chi connectivity index (χ1) is 8.65. The summed E-state index contributed by atoms with van der Waals surface area (Å²) in [6.45, 7) is 2.81. The van der Waals surface area contributed by atoms with Crippen LogP contribution in [0.1, 0.15) is 6.92 Å². The van der Waals surface area contributed by atoms with Crippen molar-refractivity contribution in [3.8, 4) is 11.5 Å². The van der Waals surface area contributed by atoms with Crippen molar-refractivity contribution in [3.63, 3.8) is 0 Å². The van der Waals surface area contributed by atoms with E-state index in [4.69, 9.17) is 0 Å². The molecule has 0 radical (unpaired) electrons. The monoisotopic (exact) mass is 247 g/mol. The molecule has 2 aromatic heterocycles. The van der Waals surface area contributed by atoms with Gasteiger partial charge in [0.15, 0.2) is 5.82 Å². The molecule has 0 aliphatic rings. The van der Waals surface area contributed by atoms with Crippen LogP contribution in [0.2, 0.25) is 0 Å². The molecule has 0 spiro atoms. The molecule has 7 heteroatoms. The Hall–Kier alpha value is -2.18. The fourth-order valence-corrected chi connectivity index (χ4v) is 1.57. The van der Waals surface area contributed by atoms with Gasteiger partial charge >= 0.3 is 0 Å². The fourth-order valence-electron chi connectivity index (χ4n) is 1.57. The summed E-state index contributed by atoms with van der Waals surface area (Å²) in [5.74, 6) is 1.79. The molecule has 7 nitrogen and oxygen atoms in total. The summed E-state index contributed by atoms with van der Waals surface area (Å²) in [6, 6.07) is 1.90. The fraction of sp³-hybridized carbons (Fsp3) is 0.455. The van der Waals surface area contributed by atoms with E-state index in [1.165, 1.54) is 0 Å². The first-order valence-electron chi connectivity index (χ1n) is 5.79. The number of hydrogen-bond acceptors (Lipinski definition) is 6. The molecule has 0 saturated heterocycles. The lowest BCUT2D eigenvalue weighted by molar-refractivity contribution is 0.663. The summed E-state index contributed by atoms with van der Waals surface area (Å²) in [5, 5.41) is 7.17. The third-order valence-electron chi connectivity index (χ3n) is 2.49. The molecule has 0 aliphatic carbocycles. The van der Waals surface area contributed by atoms with E-state index in [1.54, 1.807) is 13.2 Å². The molecule has 0 aromatic carbocycles. The van der Waals surface area contributed by atoms with Gasteiger partial charge in [-0.25, -0.2) is 0 Å². The Morgan fingerprint density at radius 1 is 1.28 bits per heavy atom. The Balaban J connectivity index is 2.53. The van der Waals surface area contributed by atoms with Crippen LogP contribution in [0.3, 0.4) is 0 Å². The minimum atomic E-state index is 0.549. The molecule has 96 valence electrons. The van der Waals surface area contributed by atoms with Crippen molar-refractivity contribution in [3.05, 3.63) is 12.3 Å². The second-order valence-corrected chi connectivity index (χ2v) is 3.96. The summed E-state index contributed by atoms with van der Waals surface area (Å²) < 4.78 is 1.86. The Bertz CT molecular complexity index is 532. The Morgan fingerprint density at radius 3 is 2.67 bits per heavy atom. The molecule has 0 saturated carbocycles. The summed E-state index contributed by atoms with van der Waals surface area (Å²) in [7, 11) is 5.58. The molecular weight excluding hydrogens is 230 g/mol. The molecule has 0 amide bonds. The van der Waals surface area contributed by atoms with Crippen molar-refractivity contribution in [1.82, 2.24) is 24.7 Å². The van der Waals surface area contributed by atoms with Crippen LogP contribution in [0, 0.1) is 0 Å². The van der Waals surface area contributed by atoms with E-state index < -0.39 is 0 Å². The summed E-state index contributed by atoms with van der Waals surface area (Å²) in [6.07, 6.45) is 1.75. The molecule has 18 heavy (non-hydrogen) atoms. The number of nitrogens with zero attached hydrogens (tertiary/aromatic N) is 6. The average Bonchev–Trinajstić information content (AvgIpc) is 2.86. The first kappa shape index (κ1) is 12.3. The Morgan fingerprint density at radius 2 is 2.06 bits per heavy atom. The zero-order chi connectivity index (χ0) is 13.1. The minimum Gasteiger partial charge on any atom is -0.357 e. The van der Waals surface area contributed by atoms with Gasteiger partial charge in [-0.2, -0.15) is 20.1 Å². The summed E-state index contributed by atoms with van der Waals surface area (Å²) >= 11 is 0. The largest absolute Gasteiger partial charge is 0.357 e. The van der Waals surface area contributed by atoms with Gasteiger partial charge in [-0.05, 0) is 13.0 Å². The highest BCUT2D eigenvalue weighted by atomic mass is 15.3. The number of anilines is 2. The van der Waals surface area contributed by atoms with Crippen LogP contribution in [0.5, 0.6) is 0 Å². The van der Waals surface area contributed by atoms with Gasteiger partial charge in [0.2, 0.25) is 11.9 Å². The van der Waals surface area contributed by atoms with Crippen LogP contribution >= 0.6 is 0 Å². The van der Waals surface area contributed by atoms with E-state index in [1.807, 2.05) is 36.7 Å². The topological polar surface area (TPSA) is 71.8 Å². The van der Waals surface area contributed by atoms with Crippen LogP contribution in [0.4, 0.5) is 11.9 Å². The molecule has 0 bridgehead atoms. The standard InChI is InChI=1S/C11H17N7/c1-5-18-8(6-7-13-18)9-14-10(12-2)16-11(15-9)17(3)4/h6-7H,5H2,1-4H3,(H,12,14,15,16). The van der Waals surface area contributed by atoms with E-state index >= 15 is 0 Å². The molecule has 2 aromatic rings. The molecule has 0 atom stereocenters. The lowest BCUT2D eigenvalue weighted by Crippen LogP contribution is -2.15. The smallest absolute Gasteiger partial charge is 0.230 e. The van der Waals surface area contributed by atoms with Crippen LogP contribution in [0.15, 0.2) is 12.3 Å². The van der Waals surface area contributed by atoms with Crippen molar-refractivity contribution in [1.29, 1.82) is 0 Å². The third kappa shape index (κ3) is 2.24. The van der Waals surface area contributed by atoms with Gasteiger partial charge in [0.05, 0.1) is 0 Å². The lowest BCUT2D eigenvalue weighted by Gasteiger charge is -2.12. The maximum absolute atomic E-state index is 4.43. The zero-order valence-electron chi connectivity index (χ0n) is 11.0. The van der Waals surface area contributed by atoms with Crippen molar-refractivity contribution >= 4 is 11.9 Å². The molecule has 0 unspecified atom stereocenters. The number of nitrogens with one attached hydrogen (secondary N) is 1. The van der Waals surface area contributed by atoms with Crippen molar-refractivity contribution in [2.45, 2.75) is 13.5 Å². The van der Waals surface area contributed by atoms with Gasteiger partial charge in [0.25, 0.3) is 0 Å². The van der Waals surface area contributed by atoms with Crippen molar-refractivity contribution in [2.24, 2.45) is 0 Å². The zero-order valence-corrected chi connectivity index (χ0v) is 11.0. The molecule has 0 fully saturated rings. The number of aryl methyl sites for hydroxylation is 1. The summed E-state index contributed by atoms with van der Waals surface area (Å²) in [5.41, 5.74) is 0.888. The van der Waals surface area contributed by atoms with Crippen molar-refractivity contribution < 1.29 is 0 Å². The molecule has 2 rings (SSSR count). The Kier molecular flexibility index (Phi) is 3.40. The molecule has 0 aliphatic heterocycles. The van der Waals surface area contributed by atoms with Crippen LogP contribution < -0.4 is 10.2 Å². The van der Waals surface area contributed by atoms with Crippen LogP contribution in [-0.4, -0.2) is 45.9 Å². The maximum atomic E-state index is 4.43. The van der Waals surface area contributed by atoms with Gasteiger partial charge in [-0.15, -0.1) is 0 Å². The second-order valence-electron chi connectivity index (χ2n) is 3.96. The summed E-state index contributed by atoms with van der Waals surface area (Å²) in [4.78, 5) is 14.9. The molecule has 2 heterocycles. The predicted molar refractivity (Wildman–Crippen MR) is 70.6 cm³/mol. The molecular formula is C11H17N7. The predicted octanol–water partition coefficient (Wildman–Crippen LogP) is 0.863. The van der Waals surface area contributed by atoms with Gasteiger partial charge in [0.1, 0.15) is 5.69 Å². The van der Waals surface area contributed by atoms with Gasteiger partial charge < -0.3 is 10.2 Å². The quantitative estimate of drug-likeness (QED) is 0.864. The lowest BCUT2D eigenvalue weighted by atomic mass is 10.4. The first-order valence-corrected chi connectivity index (χ1v) is 5.79. The van der Waals surface area contributed by atoms with Gasteiger partial charge in [-0.3, -0.25) is 4.68 Å². The van der Waals surface area contributed by atoms with E-state index in [0.717, 1.165) is 12.2 Å². The third-order valence-corrected chi connectivity index (χ3v) is 2.49. The highest BCUT2D eigenvalue weighted by molar-refractivity contribution is 5.53. The SMILES string of the molecule is CCn1nccc1-c1nc(NC)nc(N(C)C)n1. The van der Waals surface area contributed by atoms with E-state index in [-0.39, 0.29) is 0 Å². The average molecular weight is 247 g/mol. The van der Waals surface area contributed by atoms with Gasteiger partial charge in [0, 0.05) is 33.9 Å². The van der Waals surface area contributed by atoms with E-state index in [9.17, 15) is 0 Å². The van der Waals surface area contributed by atoms with E-state index in [2.05, 4.69) is 25.4 Å².